The molecule has 1 atom stereocenters. The van der Waals surface area contributed by atoms with Crippen molar-refractivity contribution >= 4 is 21.8 Å². The third-order valence-electron chi connectivity index (χ3n) is 2.26. The maximum atomic E-state index is 11.2. The van der Waals surface area contributed by atoms with Crippen LogP contribution in [0.3, 0.4) is 0 Å². The van der Waals surface area contributed by atoms with Crippen LogP contribution < -0.4 is 10.6 Å². The quantitative estimate of drug-likeness (QED) is 0.534. The van der Waals surface area contributed by atoms with Crippen LogP contribution in [0, 0.1) is 5.92 Å². The number of urea groups is 1. The summed E-state index contributed by atoms with van der Waals surface area (Å²) in [4.78, 5) is 21.7. The van der Waals surface area contributed by atoms with Crippen molar-refractivity contribution in [1.82, 2.24) is 10.6 Å². The molecule has 0 heterocycles. The highest BCUT2D eigenvalue weighted by Crippen LogP contribution is 1.99. The number of aliphatic carboxylic acids is 1. The lowest BCUT2D eigenvalue weighted by atomic mass is 10.1. The summed E-state index contributed by atoms with van der Waals surface area (Å²) < 4.78 is 21.6. The molecule has 0 saturated heterocycles. The van der Waals surface area contributed by atoms with E-state index in [1.54, 1.807) is 6.92 Å². The number of nitrogens with one attached hydrogen (secondary N) is 2. The third kappa shape index (κ3) is 9.88. The molecule has 0 spiro atoms. The average Bonchev–Trinajstić information content (AvgIpc) is 2.22. The molecule has 7 nitrogen and oxygen atoms in total. The van der Waals surface area contributed by atoms with Crippen LogP contribution in [0.4, 0.5) is 4.79 Å². The Labute approximate surface area is 107 Å². The van der Waals surface area contributed by atoms with Crippen molar-refractivity contribution in [2.45, 2.75) is 19.8 Å². The summed E-state index contributed by atoms with van der Waals surface area (Å²) in [5.41, 5.74) is 0. The lowest BCUT2D eigenvalue weighted by molar-refractivity contribution is -0.141. The number of sulfone groups is 1. The van der Waals surface area contributed by atoms with Crippen LogP contribution >= 0.6 is 0 Å². The first-order valence-corrected chi connectivity index (χ1v) is 7.70. The summed E-state index contributed by atoms with van der Waals surface area (Å²) in [5, 5.41) is 13.6. The van der Waals surface area contributed by atoms with E-state index in [1.165, 1.54) is 0 Å². The number of carbonyl (C=O) groups excluding carboxylic acids is 1. The van der Waals surface area contributed by atoms with E-state index in [-0.39, 0.29) is 18.8 Å². The third-order valence-corrected chi connectivity index (χ3v) is 3.29. The number of carboxylic acids is 1. The van der Waals surface area contributed by atoms with E-state index in [1.807, 2.05) is 0 Å². The van der Waals surface area contributed by atoms with Gasteiger partial charge in [-0.25, -0.2) is 13.2 Å². The molecule has 0 radical (unpaired) electrons. The molecule has 0 bridgehead atoms. The fourth-order valence-corrected chi connectivity index (χ4v) is 1.79. The highest BCUT2D eigenvalue weighted by atomic mass is 32.2. The Morgan fingerprint density at radius 3 is 2.28 bits per heavy atom. The molecule has 0 rings (SSSR count). The summed E-state index contributed by atoms with van der Waals surface area (Å²) in [5.74, 6) is -1.37. The molecule has 3 N–H and O–H groups in total. The Morgan fingerprint density at radius 1 is 1.22 bits per heavy atom. The molecule has 18 heavy (non-hydrogen) atoms. The van der Waals surface area contributed by atoms with Gasteiger partial charge in [0, 0.05) is 19.3 Å². The highest BCUT2D eigenvalue weighted by molar-refractivity contribution is 7.90. The second-order valence-corrected chi connectivity index (χ2v) is 6.45. The SMILES string of the molecule is CC(CCNC(=O)NCCCS(C)(=O)=O)C(=O)O. The Hall–Kier alpha value is -1.31. The summed E-state index contributed by atoms with van der Waals surface area (Å²) >= 11 is 0. The van der Waals surface area contributed by atoms with E-state index in [9.17, 15) is 18.0 Å². The van der Waals surface area contributed by atoms with Crippen LogP contribution in [0.25, 0.3) is 0 Å². The fraction of sp³-hybridized carbons (Fsp3) is 0.800. The van der Waals surface area contributed by atoms with E-state index < -0.39 is 27.8 Å². The van der Waals surface area contributed by atoms with Crippen LogP contribution in [-0.4, -0.2) is 50.6 Å². The number of carboxylic acid groups (broad SMARTS) is 1. The number of amides is 2. The molecule has 0 aromatic rings. The Bertz CT molecular complexity index is 380. The van der Waals surface area contributed by atoms with Crippen LogP contribution in [0.5, 0.6) is 0 Å². The number of hydrogen-bond acceptors (Lipinski definition) is 4. The van der Waals surface area contributed by atoms with Crippen molar-refractivity contribution in [3.63, 3.8) is 0 Å². The first kappa shape index (κ1) is 16.7. The number of rotatable bonds is 8. The van der Waals surface area contributed by atoms with Crippen molar-refractivity contribution in [3.8, 4) is 0 Å². The minimum absolute atomic E-state index is 0.0311. The zero-order valence-corrected chi connectivity index (χ0v) is 11.4. The average molecular weight is 280 g/mol. The first-order valence-electron chi connectivity index (χ1n) is 5.64. The molecule has 106 valence electrons. The molecule has 1 unspecified atom stereocenters. The maximum absolute atomic E-state index is 11.2. The van der Waals surface area contributed by atoms with Crippen molar-refractivity contribution in [3.05, 3.63) is 0 Å². The normalized spacial score (nSPS) is 12.8. The molecule has 0 saturated carbocycles. The Morgan fingerprint density at radius 2 is 1.78 bits per heavy atom. The van der Waals surface area contributed by atoms with Crippen molar-refractivity contribution < 1.29 is 23.1 Å². The smallest absolute Gasteiger partial charge is 0.314 e. The van der Waals surface area contributed by atoms with Gasteiger partial charge in [0.25, 0.3) is 0 Å². The summed E-state index contributed by atoms with van der Waals surface area (Å²) in [6.07, 6.45) is 1.85. The predicted molar refractivity (Wildman–Crippen MR) is 67.1 cm³/mol. The molecule has 2 amide bonds. The number of hydrogen-bond donors (Lipinski definition) is 3. The van der Waals surface area contributed by atoms with E-state index in [0.29, 0.717) is 12.8 Å². The van der Waals surface area contributed by atoms with Gasteiger partial charge in [-0.3, -0.25) is 4.79 Å². The van der Waals surface area contributed by atoms with Gasteiger partial charge in [-0.2, -0.15) is 0 Å². The first-order chi connectivity index (χ1) is 8.22. The minimum atomic E-state index is -3.00. The molecule has 0 aromatic heterocycles. The topological polar surface area (TPSA) is 113 Å². The lowest BCUT2D eigenvalue weighted by Gasteiger charge is -2.09. The van der Waals surface area contributed by atoms with Crippen molar-refractivity contribution in [2.24, 2.45) is 5.92 Å². The second-order valence-electron chi connectivity index (χ2n) is 4.19. The zero-order valence-electron chi connectivity index (χ0n) is 10.6. The standard InChI is InChI=1S/C10H20N2O5S/c1-8(9(13)14)4-6-12-10(15)11-5-3-7-18(2,16)17/h8H,3-7H2,1-2H3,(H,13,14)(H2,11,12,15). The van der Waals surface area contributed by atoms with E-state index in [4.69, 9.17) is 5.11 Å². The zero-order chi connectivity index (χ0) is 14.2. The molecule has 0 aliphatic rings. The molecule has 0 aliphatic carbocycles. The summed E-state index contributed by atoms with van der Waals surface area (Å²) in [6.45, 7) is 2.10. The molecule has 0 aromatic carbocycles. The van der Waals surface area contributed by atoms with Gasteiger partial charge in [-0.05, 0) is 12.8 Å². The van der Waals surface area contributed by atoms with Gasteiger partial charge in [0.05, 0.1) is 11.7 Å². The predicted octanol–water partition coefficient (Wildman–Crippen LogP) is -0.169. The second kappa shape index (κ2) is 7.91. The van der Waals surface area contributed by atoms with Crippen LogP contribution in [-0.2, 0) is 14.6 Å². The highest BCUT2D eigenvalue weighted by Gasteiger charge is 2.10. The van der Waals surface area contributed by atoms with Crippen LogP contribution in [0.1, 0.15) is 19.8 Å². The van der Waals surface area contributed by atoms with Gasteiger partial charge in [0.15, 0.2) is 0 Å². The minimum Gasteiger partial charge on any atom is -0.481 e. The van der Waals surface area contributed by atoms with E-state index in [0.717, 1.165) is 6.26 Å². The molecule has 8 heteroatoms. The maximum Gasteiger partial charge on any atom is 0.314 e. The Kier molecular flexibility index (Phi) is 7.33. The Balaban J connectivity index is 3.58. The van der Waals surface area contributed by atoms with E-state index in [2.05, 4.69) is 10.6 Å². The van der Waals surface area contributed by atoms with Gasteiger partial charge in [0.2, 0.25) is 0 Å². The van der Waals surface area contributed by atoms with Gasteiger partial charge in [-0.1, -0.05) is 6.92 Å². The summed E-state index contributed by atoms with van der Waals surface area (Å²) in [6, 6.07) is -0.416. The lowest BCUT2D eigenvalue weighted by Crippen LogP contribution is -2.37. The molecule has 0 aliphatic heterocycles. The van der Waals surface area contributed by atoms with Gasteiger partial charge in [0.1, 0.15) is 9.84 Å². The van der Waals surface area contributed by atoms with Crippen molar-refractivity contribution in [2.75, 3.05) is 25.1 Å². The van der Waals surface area contributed by atoms with Crippen LogP contribution in [0.15, 0.2) is 0 Å². The molecular weight excluding hydrogens is 260 g/mol. The number of carbonyl (C=O) groups is 2. The van der Waals surface area contributed by atoms with Gasteiger partial charge in [-0.15, -0.1) is 0 Å². The molecular formula is C10H20N2O5S. The fourth-order valence-electron chi connectivity index (χ4n) is 1.12. The van der Waals surface area contributed by atoms with E-state index >= 15 is 0 Å². The van der Waals surface area contributed by atoms with Crippen molar-refractivity contribution in [1.29, 1.82) is 0 Å². The monoisotopic (exact) mass is 280 g/mol. The van der Waals surface area contributed by atoms with Gasteiger partial charge >= 0.3 is 12.0 Å². The van der Waals surface area contributed by atoms with Gasteiger partial charge < -0.3 is 15.7 Å². The van der Waals surface area contributed by atoms with Crippen LogP contribution in [0.2, 0.25) is 0 Å². The largest absolute Gasteiger partial charge is 0.481 e. The summed E-state index contributed by atoms with van der Waals surface area (Å²) in [7, 11) is -3.00. The molecule has 0 fully saturated rings.